The van der Waals surface area contributed by atoms with Gasteiger partial charge in [-0.15, -0.1) is 10.2 Å². The Morgan fingerprint density at radius 3 is 2.76 bits per heavy atom. The Hall–Kier alpha value is -2.89. The third kappa shape index (κ3) is 7.12. The van der Waals surface area contributed by atoms with Gasteiger partial charge in [-0.05, 0) is 74.1 Å². The number of tetrazole rings is 1. The lowest BCUT2D eigenvalue weighted by atomic mass is 9.99. The Morgan fingerprint density at radius 2 is 2.11 bits per heavy atom. The van der Waals surface area contributed by atoms with E-state index in [1.54, 1.807) is 24.3 Å². The number of hydrogen-bond acceptors (Lipinski definition) is 8. The zero-order valence-electron chi connectivity index (χ0n) is 21.4. The third-order valence-corrected chi connectivity index (χ3v) is 7.88. The number of piperidine rings is 1. The van der Waals surface area contributed by atoms with Gasteiger partial charge in [0, 0.05) is 38.3 Å². The number of aromatic nitrogens is 5. The van der Waals surface area contributed by atoms with Crippen LogP contribution in [0.4, 0.5) is 0 Å². The van der Waals surface area contributed by atoms with Crippen LogP contribution in [0.5, 0.6) is 0 Å². The van der Waals surface area contributed by atoms with E-state index < -0.39 is 0 Å². The molecule has 0 unspecified atom stereocenters. The van der Waals surface area contributed by atoms with Crippen LogP contribution in [0.2, 0.25) is 5.15 Å². The van der Waals surface area contributed by atoms with Gasteiger partial charge in [-0.3, -0.25) is 9.59 Å². The summed E-state index contributed by atoms with van der Waals surface area (Å²) >= 11 is 7.63. The van der Waals surface area contributed by atoms with E-state index in [4.69, 9.17) is 11.6 Å². The van der Waals surface area contributed by atoms with Crippen molar-refractivity contribution in [2.24, 2.45) is 0 Å². The molecule has 3 aromatic heterocycles. The lowest BCUT2D eigenvalue weighted by molar-refractivity contribution is -0.134. The summed E-state index contributed by atoms with van der Waals surface area (Å²) < 4.78 is 0. The first-order valence-corrected chi connectivity index (χ1v) is 13.8. The first-order valence-electron chi connectivity index (χ1n) is 12.5. The topological polar surface area (TPSA) is 120 Å². The Kier molecular flexibility index (Phi) is 9.23. The van der Waals surface area contributed by atoms with E-state index in [-0.39, 0.29) is 24.3 Å². The number of likely N-dealkylation sites (tertiary alicyclic amines) is 1. The molecular weight excluding hydrogens is 512 g/mol. The summed E-state index contributed by atoms with van der Waals surface area (Å²) in [5.74, 6) is 0.312. The van der Waals surface area contributed by atoms with Gasteiger partial charge in [0.1, 0.15) is 5.15 Å². The smallest absolute Gasteiger partial charge is 0.253 e. The zero-order valence-corrected chi connectivity index (χ0v) is 23.0. The predicted octanol–water partition coefficient (Wildman–Crippen LogP) is 3.17. The van der Waals surface area contributed by atoms with Crippen LogP contribution < -0.4 is 5.32 Å². The molecule has 37 heavy (non-hydrogen) atoms. The largest absolute Gasteiger partial charge is 0.352 e. The van der Waals surface area contributed by atoms with Crippen LogP contribution in [0.3, 0.4) is 0 Å². The lowest BCUT2D eigenvalue weighted by Gasteiger charge is -2.40. The second kappa shape index (κ2) is 12.6. The van der Waals surface area contributed by atoms with Crippen molar-refractivity contribution >= 4 is 34.8 Å². The van der Waals surface area contributed by atoms with E-state index in [9.17, 15) is 9.59 Å². The number of hydrogen-bond donors (Lipinski definition) is 2. The quantitative estimate of drug-likeness (QED) is 0.376. The molecule has 2 N–H and O–H groups in total. The molecule has 0 saturated carbocycles. The number of H-pyrrole nitrogens is 1. The second-order valence-electron chi connectivity index (χ2n) is 9.54. The van der Waals surface area contributed by atoms with Gasteiger partial charge in [-0.1, -0.05) is 16.8 Å². The highest BCUT2D eigenvalue weighted by Crippen LogP contribution is 2.23. The van der Waals surface area contributed by atoms with Crippen molar-refractivity contribution in [1.82, 2.24) is 40.7 Å². The second-order valence-corrected chi connectivity index (χ2v) is 10.7. The highest BCUT2D eigenvalue weighted by Gasteiger charge is 2.30. The highest BCUT2D eigenvalue weighted by molar-refractivity contribution is 7.07. The first kappa shape index (κ1) is 27.2. The predicted molar refractivity (Wildman–Crippen MR) is 142 cm³/mol. The number of halogens is 1. The van der Waals surface area contributed by atoms with Crippen LogP contribution in [-0.4, -0.2) is 78.9 Å². The van der Waals surface area contributed by atoms with Crippen molar-refractivity contribution in [3.63, 3.8) is 0 Å². The molecule has 3 aromatic rings. The molecular formula is C25H33ClN8O2S. The Balaban J connectivity index is 1.28. The fraction of sp³-hybridized carbons (Fsp3) is 0.520. The fourth-order valence-corrected chi connectivity index (χ4v) is 5.88. The van der Waals surface area contributed by atoms with Crippen molar-refractivity contribution in [3.8, 4) is 0 Å². The van der Waals surface area contributed by atoms with Gasteiger partial charge in [-0.2, -0.15) is 16.6 Å². The van der Waals surface area contributed by atoms with Crippen LogP contribution >= 0.6 is 22.9 Å². The fourth-order valence-electron chi connectivity index (χ4n) is 4.93. The van der Waals surface area contributed by atoms with E-state index in [1.165, 1.54) is 0 Å². The molecule has 4 heterocycles. The number of aryl methyl sites for hydroxylation is 2. The molecule has 198 valence electrons. The summed E-state index contributed by atoms with van der Waals surface area (Å²) in [6.45, 7) is 8.83. The minimum atomic E-state index is -0.116. The number of carbonyl (C=O) groups is 2. The number of thiophene rings is 1. The molecule has 0 spiro atoms. The minimum Gasteiger partial charge on any atom is -0.352 e. The average molecular weight is 545 g/mol. The number of nitrogens with one attached hydrogen (secondary N) is 2. The van der Waals surface area contributed by atoms with Crippen LogP contribution in [0.25, 0.3) is 0 Å². The Labute approximate surface area is 225 Å². The maximum Gasteiger partial charge on any atom is 0.253 e. The standard InChI is InChI=1S/C25H33ClN8O2S/c1-16-12-21(26)28-18(3)24(16)25(36)27-8-4-17(2)33-9-5-20(6-10-33)34(14-19-7-11-37-15-19)23(35)13-22-29-31-32-30-22/h7,11-12,15,17,20H,4-6,8-10,13-14H2,1-3H3,(H,27,36)(H,29,30,31,32)/t17-/m1/s1. The summed E-state index contributed by atoms with van der Waals surface area (Å²) in [6, 6.07) is 4.25. The van der Waals surface area contributed by atoms with Gasteiger partial charge in [0.2, 0.25) is 5.91 Å². The Bertz CT molecular complexity index is 1160. The number of carbonyl (C=O) groups excluding carboxylic acids is 2. The van der Waals surface area contributed by atoms with Crippen LogP contribution in [0, 0.1) is 13.8 Å². The maximum atomic E-state index is 13.2. The molecule has 0 radical (unpaired) electrons. The van der Waals surface area contributed by atoms with Gasteiger partial charge < -0.3 is 15.1 Å². The SMILES string of the molecule is Cc1cc(Cl)nc(C)c1C(=O)NCC[C@@H](C)N1CCC(N(Cc2ccsc2)C(=O)Cc2nn[nH]n2)CC1. The van der Waals surface area contributed by atoms with Crippen LogP contribution in [0.1, 0.15) is 59.2 Å². The molecule has 1 fully saturated rings. The summed E-state index contributed by atoms with van der Waals surface area (Å²) in [5.41, 5.74) is 3.19. The molecule has 1 saturated heterocycles. The summed E-state index contributed by atoms with van der Waals surface area (Å²) in [7, 11) is 0. The number of aromatic amines is 1. The number of nitrogens with zero attached hydrogens (tertiary/aromatic N) is 6. The van der Waals surface area contributed by atoms with Crippen molar-refractivity contribution in [2.75, 3.05) is 19.6 Å². The van der Waals surface area contributed by atoms with Crippen molar-refractivity contribution in [3.05, 3.63) is 56.3 Å². The molecule has 4 rings (SSSR count). The van der Waals surface area contributed by atoms with E-state index in [1.807, 2.05) is 17.2 Å². The maximum absolute atomic E-state index is 13.2. The number of pyridine rings is 1. The number of amides is 2. The summed E-state index contributed by atoms with van der Waals surface area (Å²) in [5, 5.41) is 21.4. The lowest BCUT2D eigenvalue weighted by Crippen LogP contribution is -2.49. The monoisotopic (exact) mass is 544 g/mol. The zero-order chi connectivity index (χ0) is 26.4. The number of rotatable bonds is 10. The normalized spacial score (nSPS) is 15.5. The molecule has 1 aliphatic heterocycles. The van der Waals surface area contributed by atoms with E-state index in [2.05, 4.69) is 54.2 Å². The van der Waals surface area contributed by atoms with Crippen molar-refractivity contribution in [2.45, 2.75) is 65.1 Å². The summed E-state index contributed by atoms with van der Waals surface area (Å²) in [6.07, 6.45) is 2.77. The molecule has 10 nitrogen and oxygen atoms in total. The van der Waals surface area contributed by atoms with Crippen LogP contribution in [0.15, 0.2) is 22.9 Å². The average Bonchev–Trinajstić information content (AvgIpc) is 3.56. The highest BCUT2D eigenvalue weighted by atomic mass is 35.5. The van der Waals surface area contributed by atoms with Gasteiger partial charge >= 0.3 is 0 Å². The third-order valence-electron chi connectivity index (χ3n) is 6.96. The van der Waals surface area contributed by atoms with Gasteiger partial charge in [0.05, 0.1) is 17.7 Å². The van der Waals surface area contributed by atoms with E-state index in [0.29, 0.717) is 41.4 Å². The molecule has 0 aromatic carbocycles. The molecule has 12 heteroatoms. The van der Waals surface area contributed by atoms with Gasteiger partial charge in [0.25, 0.3) is 5.91 Å². The summed E-state index contributed by atoms with van der Waals surface area (Å²) in [4.78, 5) is 34.5. The van der Waals surface area contributed by atoms with Crippen molar-refractivity contribution < 1.29 is 9.59 Å². The Morgan fingerprint density at radius 1 is 1.32 bits per heavy atom. The van der Waals surface area contributed by atoms with E-state index >= 15 is 0 Å². The van der Waals surface area contributed by atoms with Gasteiger partial charge in [-0.25, -0.2) is 4.98 Å². The first-order chi connectivity index (χ1) is 17.8. The molecule has 2 amide bonds. The minimum absolute atomic E-state index is 0.0177. The van der Waals surface area contributed by atoms with Crippen LogP contribution in [-0.2, 0) is 17.8 Å². The van der Waals surface area contributed by atoms with Gasteiger partial charge in [0.15, 0.2) is 5.82 Å². The molecule has 0 bridgehead atoms. The van der Waals surface area contributed by atoms with Crippen molar-refractivity contribution in [1.29, 1.82) is 0 Å². The van der Waals surface area contributed by atoms with E-state index in [0.717, 1.165) is 43.5 Å². The molecule has 1 atom stereocenters. The molecule has 0 aliphatic carbocycles. The molecule has 1 aliphatic rings.